The molecule has 0 spiro atoms. The van der Waals surface area contributed by atoms with E-state index in [0.29, 0.717) is 0 Å². The molecule has 0 N–H and O–H groups in total. The molecule has 0 amide bonds. The molecule has 0 aliphatic rings. The Balaban J connectivity index is 0.000000667. The number of hydrogen-bond acceptors (Lipinski definition) is 0. The van der Waals surface area contributed by atoms with Gasteiger partial charge < -0.3 is 1.43 Å². The fourth-order valence-electron chi connectivity index (χ4n) is 2.88. The monoisotopic (exact) mass is 224 g/mol. The smallest absolute Gasteiger partial charge is 1.00 e. The third-order valence-corrected chi connectivity index (χ3v) is 3.75. The summed E-state index contributed by atoms with van der Waals surface area (Å²) in [6, 6.07) is 19.9. The Morgan fingerprint density at radius 3 is 1.94 bits per heavy atom. The van der Waals surface area contributed by atoms with E-state index in [9.17, 15) is 0 Å². The van der Waals surface area contributed by atoms with E-state index in [1.807, 2.05) is 0 Å². The van der Waals surface area contributed by atoms with Gasteiger partial charge in [0.25, 0.3) is 0 Å². The molecule has 0 saturated carbocycles. The average Bonchev–Trinajstić information content (AvgIpc) is 2.38. The molecule has 0 heterocycles. The van der Waals surface area contributed by atoms with Crippen molar-refractivity contribution < 1.29 is 20.3 Å². The Morgan fingerprint density at radius 1 is 0.667 bits per heavy atom. The van der Waals surface area contributed by atoms with Crippen molar-refractivity contribution in [3.05, 3.63) is 60.2 Å². The van der Waals surface area contributed by atoms with E-state index < -0.39 is 0 Å². The van der Waals surface area contributed by atoms with Gasteiger partial charge in [0.15, 0.2) is 0 Å². The van der Waals surface area contributed by atoms with E-state index in [1.165, 1.54) is 37.9 Å². The summed E-state index contributed by atoms with van der Waals surface area (Å²) in [6.07, 6.45) is 0. The molecule has 1 heteroatoms. The van der Waals surface area contributed by atoms with Gasteiger partial charge in [-0.2, -0.15) is 0 Å². The Labute approximate surface area is 120 Å². The second-order valence-corrected chi connectivity index (χ2v) is 4.74. The summed E-state index contributed by atoms with van der Waals surface area (Å²) >= 11 is 0. The molecule has 0 fully saturated rings. The molecule has 18 heavy (non-hydrogen) atoms. The van der Waals surface area contributed by atoms with Crippen LogP contribution in [0.15, 0.2) is 54.6 Å². The first-order valence-electron chi connectivity index (χ1n) is 5.98. The molecular formula is C17H13Li. The van der Waals surface area contributed by atoms with E-state index in [1.54, 1.807) is 0 Å². The molecule has 4 aromatic rings. The number of rotatable bonds is 0. The first-order chi connectivity index (χ1) is 8.34. The van der Waals surface area contributed by atoms with E-state index >= 15 is 0 Å². The fourth-order valence-corrected chi connectivity index (χ4v) is 2.88. The van der Waals surface area contributed by atoms with Crippen molar-refractivity contribution in [2.75, 3.05) is 0 Å². The third kappa shape index (κ3) is 1.40. The Hall–Kier alpha value is -1.48. The molecule has 0 aliphatic heterocycles. The van der Waals surface area contributed by atoms with Crippen LogP contribution in [0.4, 0.5) is 0 Å². The van der Waals surface area contributed by atoms with Crippen LogP contribution < -0.4 is 18.9 Å². The van der Waals surface area contributed by atoms with Crippen LogP contribution >= 0.6 is 0 Å². The summed E-state index contributed by atoms with van der Waals surface area (Å²) < 4.78 is 0. The summed E-state index contributed by atoms with van der Waals surface area (Å²) in [5.41, 5.74) is 1.36. The van der Waals surface area contributed by atoms with Gasteiger partial charge in [0.1, 0.15) is 0 Å². The minimum absolute atomic E-state index is 0. The van der Waals surface area contributed by atoms with Crippen molar-refractivity contribution in [2.24, 2.45) is 0 Å². The molecule has 0 aliphatic carbocycles. The van der Waals surface area contributed by atoms with Crippen molar-refractivity contribution in [3.63, 3.8) is 0 Å². The topological polar surface area (TPSA) is 0 Å². The van der Waals surface area contributed by atoms with Crippen molar-refractivity contribution in [3.8, 4) is 0 Å². The minimum atomic E-state index is 0. The Morgan fingerprint density at radius 2 is 1.22 bits per heavy atom. The van der Waals surface area contributed by atoms with E-state index in [-0.39, 0.29) is 20.3 Å². The predicted molar refractivity (Wildman–Crippen MR) is 76.0 cm³/mol. The standard InChI is InChI=1S/C17H12.Li.H/c1-11-5-6-14-8-7-12-3-2-4-13-9-10-15(11)17(14)16(12)13;;/h2-10H,1H3;;/q;+1;-1. The molecule has 82 valence electrons. The molecule has 0 saturated heterocycles. The van der Waals surface area contributed by atoms with Crippen molar-refractivity contribution in [1.29, 1.82) is 0 Å². The van der Waals surface area contributed by atoms with Gasteiger partial charge >= 0.3 is 18.9 Å². The molecular weight excluding hydrogens is 211 g/mol. The summed E-state index contributed by atoms with van der Waals surface area (Å²) in [4.78, 5) is 0. The maximum atomic E-state index is 2.25. The van der Waals surface area contributed by atoms with Crippen molar-refractivity contribution in [2.45, 2.75) is 6.92 Å². The first-order valence-corrected chi connectivity index (χ1v) is 5.98. The SMILES string of the molecule is Cc1ccc2ccc3cccc4ccc1c2c34.[H-].[Li+]. The summed E-state index contributed by atoms with van der Waals surface area (Å²) in [7, 11) is 0. The Bertz CT molecular complexity index is 836. The zero-order chi connectivity index (χ0) is 11.4. The average molecular weight is 224 g/mol. The second kappa shape index (κ2) is 4.02. The van der Waals surface area contributed by atoms with Gasteiger partial charge in [0.05, 0.1) is 0 Å². The van der Waals surface area contributed by atoms with Crippen LogP contribution in [0.1, 0.15) is 6.99 Å². The van der Waals surface area contributed by atoms with Gasteiger partial charge in [0.2, 0.25) is 0 Å². The van der Waals surface area contributed by atoms with E-state index in [0.717, 1.165) is 0 Å². The molecule has 0 unspecified atom stereocenters. The quantitative estimate of drug-likeness (QED) is 0.316. The molecule has 4 aromatic carbocycles. The minimum Gasteiger partial charge on any atom is -1.00 e. The van der Waals surface area contributed by atoms with Crippen LogP contribution in [0.5, 0.6) is 0 Å². The van der Waals surface area contributed by atoms with Crippen LogP contribution in [0.3, 0.4) is 0 Å². The van der Waals surface area contributed by atoms with Gasteiger partial charge in [-0.25, -0.2) is 0 Å². The number of benzene rings is 4. The second-order valence-electron chi connectivity index (χ2n) is 4.74. The fraction of sp³-hybridized carbons (Fsp3) is 0.0588. The van der Waals surface area contributed by atoms with E-state index in [2.05, 4.69) is 61.5 Å². The predicted octanol–water partition coefficient (Wildman–Crippen LogP) is 2.01. The molecule has 0 bridgehead atoms. The van der Waals surface area contributed by atoms with E-state index in [4.69, 9.17) is 0 Å². The van der Waals surface area contributed by atoms with Crippen LogP contribution in [0, 0.1) is 6.92 Å². The summed E-state index contributed by atoms with van der Waals surface area (Å²) in [5.74, 6) is 0. The number of hydrogen-bond donors (Lipinski definition) is 0. The van der Waals surface area contributed by atoms with Gasteiger partial charge in [0, 0.05) is 0 Å². The van der Waals surface area contributed by atoms with Gasteiger partial charge in [-0.3, -0.25) is 0 Å². The van der Waals surface area contributed by atoms with Crippen LogP contribution in [0.2, 0.25) is 0 Å². The normalized spacial score (nSPS) is 11.2. The zero-order valence-corrected chi connectivity index (χ0v) is 10.7. The zero-order valence-electron chi connectivity index (χ0n) is 11.7. The first kappa shape index (κ1) is 11.6. The third-order valence-electron chi connectivity index (χ3n) is 3.75. The van der Waals surface area contributed by atoms with Crippen LogP contribution in [-0.2, 0) is 0 Å². The van der Waals surface area contributed by atoms with Gasteiger partial charge in [-0.1, -0.05) is 54.6 Å². The molecule has 0 radical (unpaired) electrons. The molecule has 4 rings (SSSR count). The van der Waals surface area contributed by atoms with Crippen molar-refractivity contribution in [1.82, 2.24) is 0 Å². The molecule has 0 nitrogen and oxygen atoms in total. The maximum Gasteiger partial charge on any atom is 1.00 e. The maximum absolute atomic E-state index is 2.25. The largest absolute Gasteiger partial charge is 1.00 e. The van der Waals surface area contributed by atoms with Crippen LogP contribution in [-0.4, -0.2) is 0 Å². The van der Waals surface area contributed by atoms with Crippen LogP contribution in [0.25, 0.3) is 32.3 Å². The van der Waals surface area contributed by atoms with Crippen molar-refractivity contribution >= 4 is 32.3 Å². The van der Waals surface area contributed by atoms with Gasteiger partial charge in [-0.15, -0.1) is 0 Å². The Kier molecular flexibility index (Phi) is 2.59. The molecule has 0 aromatic heterocycles. The van der Waals surface area contributed by atoms with Gasteiger partial charge in [-0.05, 0) is 44.8 Å². The summed E-state index contributed by atoms with van der Waals surface area (Å²) in [5, 5.41) is 8.23. The molecule has 0 atom stereocenters. The summed E-state index contributed by atoms with van der Waals surface area (Å²) in [6.45, 7) is 2.19. The number of aryl methyl sites for hydroxylation is 1.